The van der Waals surface area contributed by atoms with Gasteiger partial charge in [0.1, 0.15) is 0 Å². The molecule has 2 N–H and O–H groups in total. The molecule has 0 unspecified atom stereocenters. The van der Waals surface area contributed by atoms with Crippen molar-refractivity contribution >= 4 is 12.4 Å². The zero-order valence-corrected chi connectivity index (χ0v) is 11.7. The Morgan fingerprint density at radius 3 is 2.61 bits per heavy atom. The summed E-state index contributed by atoms with van der Waals surface area (Å²) >= 11 is 0. The van der Waals surface area contributed by atoms with Crippen molar-refractivity contribution in [3.63, 3.8) is 0 Å². The molecule has 2 atom stereocenters. The summed E-state index contributed by atoms with van der Waals surface area (Å²) in [4.78, 5) is 2.46. The summed E-state index contributed by atoms with van der Waals surface area (Å²) in [7, 11) is 1.76. The van der Waals surface area contributed by atoms with E-state index in [1.807, 2.05) is 0 Å². The highest BCUT2D eigenvalue weighted by Gasteiger charge is 2.32. The summed E-state index contributed by atoms with van der Waals surface area (Å²) in [5.74, 6) is 1.16. The molecule has 1 aromatic carbocycles. The summed E-state index contributed by atoms with van der Waals surface area (Å²) in [5, 5.41) is 0. The van der Waals surface area contributed by atoms with Gasteiger partial charge < -0.3 is 15.4 Å². The van der Waals surface area contributed by atoms with Gasteiger partial charge in [-0.05, 0) is 18.0 Å². The minimum atomic E-state index is 0. The minimum Gasteiger partial charge on any atom is -0.383 e. The molecule has 1 heterocycles. The van der Waals surface area contributed by atoms with Crippen LogP contribution in [0.15, 0.2) is 30.3 Å². The van der Waals surface area contributed by atoms with Crippen LogP contribution in [0, 0.1) is 5.92 Å². The maximum Gasteiger partial charge on any atom is 0.0589 e. The molecule has 1 aliphatic heterocycles. The zero-order valence-electron chi connectivity index (χ0n) is 10.9. The third-order valence-corrected chi connectivity index (χ3v) is 3.66. The van der Waals surface area contributed by atoms with Crippen LogP contribution in [-0.2, 0) is 4.74 Å². The molecule has 0 saturated carbocycles. The van der Waals surface area contributed by atoms with E-state index >= 15 is 0 Å². The maximum atomic E-state index is 5.89. The van der Waals surface area contributed by atoms with E-state index in [0.29, 0.717) is 11.8 Å². The van der Waals surface area contributed by atoms with Gasteiger partial charge in [0.25, 0.3) is 0 Å². The zero-order chi connectivity index (χ0) is 12.1. The van der Waals surface area contributed by atoms with Gasteiger partial charge in [0.2, 0.25) is 0 Å². The Hall–Kier alpha value is -0.610. The van der Waals surface area contributed by atoms with E-state index < -0.39 is 0 Å². The smallest absolute Gasteiger partial charge is 0.0589 e. The Balaban J connectivity index is 0.00000162. The average Bonchev–Trinajstić information content (AvgIpc) is 2.80. The largest absolute Gasteiger partial charge is 0.383 e. The Morgan fingerprint density at radius 2 is 2.00 bits per heavy atom. The van der Waals surface area contributed by atoms with E-state index in [-0.39, 0.29) is 12.4 Å². The lowest BCUT2D eigenvalue weighted by Gasteiger charge is -2.16. The second-order valence-electron chi connectivity index (χ2n) is 4.77. The molecule has 3 nitrogen and oxygen atoms in total. The average molecular weight is 271 g/mol. The molecule has 18 heavy (non-hydrogen) atoms. The predicted octanol–water partition coefficient (Wildman–Crippen LogP) is 1.73. The number of methoxy groups -OCH3 is 1. The van der Waals surface area contributed by atoms with E-state index in [9.17, 15) is 0 Å². The van der Waals surface area contributed by atoms with E-state index in [4.69, 9.17) is 10.5 Å². The second kappa shape index (κ2) is 7.74. The van der Waals surface area contributed by atoms with Crippen LogP contribution in [0.3, 0.4) is 0 Å². The van der Waals surface area contributed by atoms with Crippen molar-refractivity contribution in [2.45, 2.75) is 5.92 Å². The molecular weight excluding hydrogens is 248 g/mol. The molecule has 102 valence electrons. The van der Waals surface area contributed by atoms with Gasteiger partial charge in [-0.25, -0.2) is 0 Å². The lowest BCUT2D eigenvalue weighted by Crippen LogP contribution is -2.26. The van der Waals surface area contributed by atoms with Gasteiger partial charge in [0.05, 0.1) is 6.61 Å². The third-order valence-electron chi connectivity index (χ3n) is 3.66. The Bertz CT molecular complexity index is 334. The van der Waals surface area contributed by atoms with E-state index in [0.717, 1.165) is 32.8 Å². The molecule has 1 saturated heterocycles. The molecule has 0 spiro atoms. The number of nitrogens with zero attached hydrogens (tertiary/aromatic N) is 1. The first-order valence-corrected chi connectivity index (χ1v) is 6.31. The van der Waals surface area contributed by atoms with Gasteiger partial charge in [-0.15, -0.1) is 12.4 Å². The van der Waals surface area contributed by atoms with Crippen LogP contribution < -0.4 is 5.73 Å². The van der Waals surface area contributed by atoms with Gasteiger partial charge in [0.15, 0.2) is 0 Å². The second-order valence-corrected chi connectivity index (χ2v) is 4.77. The van der Waals surface area contributed by atoms with Crippen LogP contribution in [0.1, 0.15) is 11.5 Å². The highest BCUT2D eigenvalue weighted by molar-refractivity contribution is 5.85. The summed E-state index contributed by atoms with van der Waals surface area (Å²) in [6.45, 7) is 4.78. The molecule has 2 rings (SSSR count). The SMILES string of the molecule is COCCN1C[C@@H](CN)[C@H](c2ccccc2)C1.Cl. The van der Waals surface area contributed by atoms with Crippen molar-refractivity contribution in [1.82, 2.24) is 4.90 Å². The quantitative estimate of drug-likeness (QED) is 0.886. The summed E-state index contributed by atoms with van der Waals surface area (Å²) in [6, 6.07) is 10.7. The lowest BCUT2D eigenvalue weighted by atomic mass is 9.89. The minimum absolute atomic E-state index is 0. The van der Waals surface area contributed by atoms with Crippen LogP contribution in [0.4, 0.5) is 0 Å². The summed E-state index contributed by atoms with van der Waals surface area (Å²) < 4.78 is 5.14. The third kappa shape index (κ3) is 3.69. The maximum absolute atomic E-state index is 5.89. The summed E-state index contributed by atoms with van der Waals surface area (Å²) in [6.07, 6.45) is 0. The van der Waals surface area contributed by atoms with Crippen molar-refractivity contribution in [2.75, 3.05) is 39.9 Å². The molecule has 0 bridgehead atoms. The van der Waals surface area contributed by atoms with Gasteiger partial charge in [0, 0.05) is 32.7 Å². The van der Waals surface area contributed by atoms with Gasteiger partial charge in [-0.1, -0.05) is 30.3 Å². The van der Waals surface area contributed by atoms with Crippen LogP contribution in [0.25, 0.3) is 0 Å². The first-order valence-electron chi connectivity index (χ1n) is 6.31. The normalized spacial score (nSPS) is 23.9. The first-order chi connectivity index (χ1) is 8.35. The number of rotatable bonds is 5. The number of hydrogen-bond donors (Lipinski definition) is 1. The number of benzene rings is 1. The lowest BCUT2D eigenvalue weighted by molar-refractivity contribution is 0.158. The van der Waals surface area contributed by atoms with Gasteiger partial charge in [-0.3, -0.25) is 0 Å². The van der Waals surface area contributed by atoms with Gasteiger partial charge >= 0.3 is 0 Å². The van der Waals surface area contributed by atoms with E-state index in [1.165, 1.54) is 5.56 Å². The highest BCUT2D eigenvalue weighted by Crippen LogP contribution is 2.31. The van der Waals surface area contributed by atoms with E-state index in [1.54, 1.807) is 7.11 Å². The predicted molar refractivity (Wildman–Crippen MR) is 77.3 cm³/mol. The van der Waals surface area contributed by atoms with Crippen molar-refractivity contribution in [1.29, 1.82) is 0 Å². The Morgan fingerprint density at radius 1 is 1.28 bits per heavy atom. The monoisotopic (exact) mass is 270 g/mol. The first kappa shape index (κ1) is 15.4. The molecule has 0 radical (unpaired) electrons. The number of likely N-dealkylation sites (tertiary alicyclic amines) is 1. The topological polar surface area (TPSA) is 38.5 Å². The fourth-order valence-corrected chi connectivity index (χ4v) is 2.68. The fourth-order valence-electron chi connectivity index (χ4n) is 2.68. The molecule has 4 heteroatoms. The van der Waals surface area contributed by atoms with Crippen LogP contribution in [-0.4, -0.2) is 44.8 Å². The van der Waals surface area contributed by atoms with Crippen LogP contribution in [0.5, 0.6) is 0 Å². The van der Waals surface area contributed by atoms with Crippen molar-refractivity contribution < 1.29 is 4.74 Å². The Kier molecular flexibility index (Phi) is 6.65. The number of halogens is 1. The van der Waals surface area contributed by atoms with Crippen LogP contribution >= 0.6 is 12.4 Å². The standard InChI is InChI=1S/C14H22N2O.ClH/c1-17-8-7-16-10-13(9-15)14(11-16)12-5-3-2-4-6-12;/h2-6,13-14H,7-11,15H2,1H3;1H/t13-,14+;/m1./s1. The molecule has 0 aliphatic carbocycles. The molecule has 1 fully saturated rings. The van der Waals surface area contributed by atoms with Crippen molar-refractivity contribution in [3.8, 4) is 0 Å². The summed E-state index contributed by atoms with van der Waals surface area (Å²) in [5.41, 5.74) is 7.31. The molecule has 1 aromatic rings. The molecule has 0 aromatic heterocycles. The Labute approximate surface area is 116 Å². The highest BCUT2D eigenvalue weighted by atomic mass is 35.5. The number of ether oxygens (including phenoxy) is 1. The van der Waals surface area contributed by atoms with Crippen molar-refractivity contribution in [2.24, 2.45) is 11.7 Å². The van der Waals surface area contributed by atoms with Crippen molar-refractivity contribution in [3.05, 3.63) is 35.9 Å². The molecular formula is C14H23ClN2O. The van der Waals surface area contributed by atoms with E-state index in [2.05, 4.69) is 35.2 Å². The molecule has 1 aliphatic rings. The molecule has 0 amide bonds. The number of hydrogen-bond acceptors (Lipinski definition) is 3. The van der Waals surface area contributed by atoms with Gasteiger partial charge in [-0.2, -0.15) is 0 Å². The van der Waals surface area contributed by atoms with Crippen LogP contribution in [0.2, 0.25) is 0 Å². The fraction of sp³-hybridized carbons (Fsp3) is 0.571. The number of nitrogens with two attached hydrogens (primary N) is 1.